The Kier molecular flexibility index (Phi) is 5.75. The Morgan fingerprint density at radius 2 is 1.83 bits per heavy atom. The van der Waals surface area contributed by atoms with Gasteiger partial charge in [0.15, 0.2) is 11.5 Å². The lowest BCUT2D eigenvalue weighted by Gasteiger charge is -2.19. The van der Waals surface area contributed by atoms with Crippen LogP contribution in [-0.4, -0.2) is 38.4 Å². The lowest BCUT2D eigenvalue weighted by Crippen LogP contribution is -2.29. The van der Waals surface area contributed by atoms with Crippen LogP contribution in [0.3, 0.4) is 0 Å². The molecule has 3 rings (SSSR count). The molecule has 1 aliphatic heterocycles. The molecule has 1 saturated carbocycles. The minimum atomic E-state index is -0.105. The van der Waals surface area contributed by atoms with E-state index in [1.54, 1.807) is 18.2 Å². The summed E-state index contributed by atoms with van der Waals surface area (Å²) in [5.41, 5.74) is 0.587. The average molecular weight is 319 g/mol. The molecule has 1 aliphatic carbocycles. The summed E-state index contributed by atoms with van der Waals surface area (Å²) in [6.45, 7) is 2.18. The van der Waals surface area contributed by atoms with Crippen molar-refractivity contribution >= 4 is 5.91 Å². The Morgan fingerprint density at radius 3 is 2.61 bits per heavy atom. The van der Waals surface area contributed by atoms with Crippen LogP contribution in [0.1, 0.15) is 48.9 Å². The van der Waals surface area contributed by atoms with E-state index in [1.807, 2.05) is 0 Å². The lowest BCUT2D eigenvalue weighted by atomic mass is 10.1. The summed E-state index contributed by atoms with van der Waals surface area (Å²) in [6.07, 6.45) is 7.82. The van der Waals surface area contributed by atoms with Gasteiger partial charge in [0.2, 0.25) is 0 Å². The van der Waals surface area contributed by atoms with Crippen LogP contribution in [0.2, 0.25) is 0 Å². The molecule has 0 saturated heterocycles. The Morgan fingerprint density at radius 1 is 1.09 bits per heavy atom. The van der Waals surface area contributed by atoms with Crippen molar-refractivity contribution in [2.75, 3.05) is 26.4 Å². The number of benzene rings is 1. The summed E-state index contributed by atoms with van der Waals surface area (Å²) in [7, 11) is 0. The van der Waals surface area contributed by atoms with Crippen LogP contribution in [0.5, 0.6) is 11.5 Å². The Labute approximate surface area is 137 Å². The minimum Gasteiger partial charge on any atom is -0.486 e. The summed E-state index contributed by atoms with van der Waals surface area (Å²) in [4.78, 5) is 12.2. The SMILES string of the molecule is O=C(NCCOC1CCCCCC1)c1ccc2c(c1)OCCO2. The second-order valence-electron chi connectivity index (χ2n) is 6.10. The van der Waals surface area contributed by atoms with E-state index in [9.17, 15) is 4.79 Å². The first kappa shape index (κ1) is 16.1. The molecule has 1 heterocycles. The summed E-state index contributed by atoms with van der Waals surface area (Å²) in [5, 5.41) is 2.90. The zero-order valence-electron chi connectivity index (χ0n) is 13.5. The number of hydrogen-bond donors (Lipinski definition) is 1. The minimum absolute atomic E-state index is 0.105. The second kappa shape index (κ2) is 8.20. The fraction of sp³-hybridized carbons (Fsp3) is 0.611. The van der Waals surface area contributed by atoms with Gasteiger partial charge in [-0.2, -0.15) is 0 Å². The van der Waals surface area contributed by atoms with Crippen LogP contribution >= 0.6 is 0 Å². The molecule has 1 amide bonds. The van der Waals surface area contributed by atoms with E-state index in [2.05, 4.69) is 5.32 Å². The maximum Gasteiger partial charge on any atom is 0.251 e. The average Bonchev–Trinajstić information content (AvgIpc) is 2.87. The van der Waals surface area contributed by atoms with Crippen LogP contribution in [0.25, 0.3) is 0 Å². The van der Waals surface area contributed by atoms with Crippen molar-refractivity contribution in [2.45, 2.75) is 44.6 Å². The lowest BCUT2D eigenvalue weighted by molar-refractivity contribution is 0.0442. The first-order chi connectivity index (χ1) is 11.3. The second-order valence-corrected chi connectivity index (χ2v) is 6.10. The molecule has 0 bridgehead atoms. The molecule has 126 valence electrons. The van der Waals surface area contributed by atoms with Crippen LogP contribution in [0, 0.1) is 0 Å². The molecule has 5 heteroatoms. The van der Waals surface area contributed by atoms with Gasteiger partial charge in [-0.3, -0.25) is 4.79 Å². The molecule has 0 spiro atoms. The van der Waals surface area contributed by atoms with E-state index in [0.29, 0.717) is 49.5 Å². The number of carbonyl (C=O) groups excluding carboxylic acids is 1. The van der Waals surface area contributed by atoms with Crippen LogP contribution in [-0.2, 0) is 4.74 Å². The van der Waals surface area contributed by atoms with Crippen molar-refractivity contribution in [3.05, 3.63) is 23.8 Å². The molecule has 2 aliphatic rings. The number of hydrogen-bond acceptors (Lipinski definition) is 4. The maximum absolute atomic E-state index is 12.2. The highest BCUT2D eigenvalue weighted by Gasteiger charge is 2.15. The van der Waals surface area contributed by atoms with Gasteiger partial charge in [-0.1, -0.05) is 25.7 Å². The van der Waals surface area contributed by atoms with Gasteiger partial charge in [0, 0.05) is 12.1 Å². The van der Waals surface area contributed by atoms with Crippen molar-refractivity contribution in [1.82, 2.24) is 5.32 Å². The molecule has 1 fully saturated rings. The Bertz CT molecular complexity index is 524. The van der Waals surface area contributed by atoms with Crippen LogP contribution in [0.4, 0.5) is 0 Å². The van der Waals surface area contributed by atoms with Crippen molar-refractivity contribution in [3.8, 4) is 11.5 Å². The largest absolute Gasteiger partial charge is 0.486 e. The van der Waals surface area contributed by atoms with Crippen molar-refractivity contribution in [2.24, 2.45) is 0 Å². The number of carbonyl (C=O) groups is 1. The van der Waals surface area contributed by atoms with Crippen molar-refractivity contribution in [3.63, 3.8) is 0 Å². The summed E-state index contributed by atoms with van der Waals surface area (Å²) in [6, 6.07) is 5.27. The number of fused-ring (bicyclic) bond motifs is 1. The first-order valence-corrected chi connectivity index (χ1v) is 8.62. The van der Waals surface area contributed by atoms with Crippen molar-refractivity contribution in [1.29, 1.82) is 0 Å². The van der Waals surface area contributed by atoms with Gasteiger partial charge in [-0.15, -0.1) is 0 Å². The van der Waals surface area contributed by atoms with Gasteiger partial charge in [0.1, 0.15) is 13.2 Å². The van der Waals surface area contributed by atoms with Crippen molar-refractivity contribution < 1.29 is 19.0 Å². The van der Waals surface area contributed by atoms with Gasteiger partial charge >= 0.3 is 0 Å². The topological polar surface area (TPSA) is 56.8 Å². The van der Waals surface area contributed by atoms with E-state index in [0.717, 1.165) is 12.8 Å². The molecule has 23 heavy (non-hydrogen) atoms. The molecule has 1 aromatic carbocycles. The third kappa shape index (κ3) is 4.61. The zero-order valence-corrected chi connectivity index (χ0v) is 13.5. The van der Waals surface area contributed by atoms with Gasteiger partial charge in [0.25, 0.3) is 5.91 Å². The Balaban J connectivity index is 1.42. The fourth-order valence-electron chi connectivity index (χ4n) is 3.09. The normalized spacial score (nSPS) is 18.3. The summed E-state index contributed by atoms with van der Waals surface area (Å²) >= 11 is 0. The predicted molar refractivity (Wildman–Crippen MR) is 87.2 cm³/mol. The first-order valence-electron chi connectivity index (χ1n) is 8.62. The summed E-state index contributed by atoms with van der Waals surface area (Å²) < 4.78 is 16.8. The van der Waals surface area contributed by atoms with E-state index in [1.165, 1.54) is 25.7 Å². The summed E-state index contributed by atoms with van der Waals surface area (Å²) in [5.74, 6) is 1.23. The zero-order chi connectivity index (χ0) is 15.9. The highest BCUT2D eigenvalue weighted by Crippen LogP contribution is 2.30. The van der Waals surface area contributed by atoms with E-state index in [4.69, 9.17) is 14.2 Å². The smallest absolute Gasteiger partial charge is 0.251 e. The standard InChI is InChI=1S/C18H25NO4/c20-18(14-7-8-16-17(13-14)23-12-11-22-16)19-9-10-21-15-5-3-1-2-4-6-15/h7-8,13,15H,1-6,9-12H2,(H,19,20). The van der Waals surface area contributed by atoms with Gasteiger partial charge in [-0.05, 0) is 31.0 Å². The van der Waals surface area contributed by atoms with Crippen LogP contribution < -0.4 is 14.8 Å². The fourth-order valence-corrected chi connectivity index (χ4v) is 3.09. The van der Waals surface area contributed by atoms with Gasteiger partial charge in [0.05, 0.1) is 12.7 Å². The van der Waals surface area contributed by atoms with Crippen LogP contribution in [0.15, 0.2) is 18.2 Å². The third-order valence-electron chi connectivity index (χ3n) is 4.35. The molecule has 1 aromatic rings. The molecule has 1 N–H and O–H groups in total. The molecule has 5 nitrogen and oxygen atoms in total. The monoisotopic (exact) mass is 319 g/mol. The number of amides is 1. The molecule has 0 unspecified atom stereocenters. The molecule has 0 atom stereocenters. The highest BCUT2D eigenvalue weighted by atomic mass is 16.6. The molecule has 0 aromatic heterocycles. The molecular weight excluding hydrogens is 294 g/mol. The number of ether oxygens (including phenoxy) is 3. The van der Waals surface area contributed by atoms with Gasteiger partial charge in [-0.25, -0.2) is 0 Å². The van der Waals surface area contributed by atoms with E-state index in [-0.39, 0.29) is 5.91 Å². The number of rotatable bonds is 5. The highest BCUT2D eigenvalue weighted by molar-refractivity contribution is 5.94. The molecular formula is C18H25NO4. The van der Waals surface area contributed by atoms with E-state index >= 15 is 0 Å². The molecule has 0 radical (unpaired) electrons. The van der Waals surface area contributed by atoms with Gasteiger partial charge < -0.3 is 19.5 Å². The maximum atomic E-state index is 12.2. The Hall–Kier alpha value is -1.75. The predicted octanol–water partition coefficient (Wildman–Crippen LogP) is 2.93. The van der Waals surface area contributed by atoms with E-state index < -0.39 is 0 Å². The third-order valence-corrected chi connectivity index (χ3v) is 4.35. The quantitative estimate of drug-likeness (QED) is 0.670. The number of nitrogens with one attached hydrogen (secondary N) is 1.